The summed E-state index contributed by atoms with van der Waals surface area (Å²) in [6, 6.07) is 6.27. The van der Waals surface area contributed by atoms with Gasteiger partial charge in [-0.15, -0.1) is 0 Å². The molecule has 18 heavy (non-hydrogen) atoms. The number of hydrogen-bond donors (Lipinski definition) is 1. The van der Waals surface area contributed by atoms with Crippen LogP contribution in [0.25, 0.3) is 0 Å². The first-order valence-electron chi connectivity index (χ1n) is 6.53. The lowest BCUT2D eigenvalue weighted by Gasteiger charge is -2.35. The van der Waals surface area contributed by atoms with Crippen LogP contribution in [0.2, 0.25) is 0 Å². The van der Waals surface area contributed by atoms with Gasteiger partial charge in [-0.2, -0.15) is 0 Å². The predicted octanol–water partition coefficient (Wildman–Crippen LogP) is 2.45. The van der Waals surface area contributed by atoms with Gasteiger partial charge in [0.05, 0.1) is 6.61 Å². The summed E-state index contributed by atoms with van der Waals surface area (Å²) in [6.45, 7) is 10.6. The van der Waals surface area contributed by atoms with Crippen LogP contribution in [0.5, 0.6) is 5.75 Å². The van der Waals surface area contributed by atoms with Crippen LogP contribution in [0.4, 0.5) is 0 Å². The molecule has 1 unspecified atom stereocenters. The van der Waals surface area contributed by atoms with Gasteiger partial charge in [0.1, 0.15) is 18.5 Å². The summed E-state index contributed by atoms with van der Waals surface area (Å²) in [4.78, 5) is 0. The highest BCUT2D eigenvalue weighted by Gasteiger charge is 2.27. The van der Waals surface area contributed by atoms with Gasteiger partial charge in [-0.05, 0) is 44.9 Å². The average molecular weight is 249 g/mol. The topological polar surface area (TPSA) is 30.5 Å². The van der Waals surface area contributed by atoms with Gasteiger partial charge >= 0.3 is 0 Å². The van der Waals surface area contributed by atoms with Crippen molar-refractivity contribution in [3.63, 3.8) is 0 Å². The van der Waals surface area contributed by atoms with E-state index in [0.717, 1.165) is 18.9 Å². The Morgan fingerprint density at radius 1 is 1.39 bits per heavy atom. The maximum Gasteiger partial charge on any atom is 0.122 e. The normalized spacial score (nSPS) is 22.8. The Morgan fingerprint density at radius 3 is 2.83 bits per heavy atom. The summed E-state index contributed by atoms with van der Waals surface area (Å²) in [5.41, 5.74) is 2.47. The standard InChI is InChI=1S/C15H23NO2/c1-11-5-6-12(2)14(7-11)17-9-13-8-16-15(3,4)10-18-13/h5-7,13,16H,8-10H2,1-4H3. The van der Waals surface area contributed by atoms with E-state index >= 15 is 0 Å². The molecule has 3 heteroatoms. The second kappa shape index (κ2) is 5.29. The molecule has 1 N–H and O–H groups in total. The van der Waals surface area contributed by atoms with Crippen LogP contribution in [0.3, 0.4) is 0 Å². The molecular formula is C15H23NO2. The molecule has 1 aliphatic heterocycles. The molecule has 0 aliphatic carbocycles. The second-order valence-corrected chi connectivity index (χ2v) is 5.78. The number of rotatable bonds is 3. The smallest absolute Gasteiger partial charge is 0.122 e. The molecule has 3 nitrogen and oxygen atoms in total. The van der Waals surface area contributed by atoms with Gasteiger partial charge in [0.25, 0.3) is 0 Å². The first-order valence-corrected chi connectivity index (χ1v) is 6.53. The Bertz CT molecular complexity index is 405. The van der Waals surface area contributed by atoms with Crippen LogP contribution in [0, 0.1) is 13.8 Å². The molecule has 1 aromatic carbocycles. The van der Waals surface area contributed by atoms with E-state index in [2.05, 4.69) is 51.2 Å². The molecule has 1 saturated heterocycles. The fourth-order valence-corrected chi connectivity index (χ4v) is 1.98. The quantitative estimate of drug-likeness (QED) is 0.892. The Morgan fingerprint density at radius 2 is 2.17 bits per heavy atom. The number of aryl methyl sites for hydroxylation is 2. The van der Waals surface area contributed by atoms with Gasteiger partial charge in [-0.1, -0.05) is 12.1 Å². The molecule has 100 valence electrons. The van der Waals surface area contributed by atoms with Crippen molar-refractivity contribution in [1.82, 2.24) is 5.32 Å². The highest BCUT2D eigenvalue weighted by molar-refractivity contribution is 5.35. The van der Waals surface area contributed by atoms with Crippen LogP contribution in [0.15, 0.2) is 18.2 Å². The predicted molar refractivity (Wildman–Crippen MR) is 73.2 cm³/mol. The average Bonchev–Trinajstić information content (AvgIpc) is 2.32. The van der Waals surface area contributed by atoms with Crippen LogP contribution in [-0.4, -0.2) is 31.4 Å². The molecule has 0 radical (unpaired) electrons. The van der Waals surface area contributed by atoms with Crippen molar-refractivity contribution in [2.75, 3.05) is 19.8 Å². The van der Waals surface area contributed by atoms with Crippen LogP contribution in [-0.2, 0) is 4.74 Å². The van der Waals surface area contributed by atoms with E-state index in [1.807, 2.05) is 0 Å². The SMILES string of the molecule is Cc1ccc(C)c(OCC2CNC(C)(C)CO2)c1. The van der Waals surface area contributed by atoms with Crippen molar-refractivity contribution in [3.05, 3.63) is 29.3 Å². The van der Waals surface area contributed by atoms with Crippen molar-refractivity contribution < 1.29 is 9.47 Å². The lowest BCUT2D eigenvalue weighted by Crippen LogP contribution is -2.54. The molecule has 0 bridgehead atoms. The molecule has 2 rings (SSSR count). The van der Waals surface area contributed by atoms with Crippen molar-refractivity contribution in [3.8, 4) is 5.75 Å². The van der Waals surface area contributed by atoms with E-state index < -0.39 is 0 Å². The molecule has 0 amide bonds. The zero-order valence-electron chi connectivity index (χ0n) is 11.7. The van der Waals surface area contributed by atoms with Crippen LogP contribution >= 0.6 is 0 Å². The summed E-state index contributed by atoms with van der Waals surface area (Å²) in [5, 5.41) is 3.47. The summed E-state index contributed by atoms with van der Waals surface area (Å²) < 4.78 is 11.7. The zero-order chi connectivity index (χ0) is 13.2. The Balaban J connectivity index is 1.87. The molecule has 0 aromatic heterocycles. The van der Waals surface area contributed by atoms with Gasteiger partial charge in [-0.3, -0.25) is 0 Å². The summed E-state index contributed by atoms with van der Waals surface area (Å²) in [5.74, 6) is 0.962. The minimum atomic E-state index is 0.0791. The third-order valence-electron chi connectivity index (χ3n) is 3.26. The van der Waals surface area contributed by atoms with Gasteiger partial charge in [0, 0.05) is 12.1 Å². The Labute approximate surface area is 109 Å². The highest BCUT2D eigenvalue weighted by atomic mass is 16.5. The third kappa shape index (κ3) is 3.47. The summed E-state index contributed by atoms with van der Waals surface area (Å²) in [6.07, 6.45) is 0.137. The second-order valence-electron chi connectivity index (χ2n) is 5.78. The molecule has 1 atom stereocenters. The molecule has 1 aliphatic rings. The molecular weight excluding hydrogens is 226 g/mol. The lowest BCUT2D eigenvalue weighted by atomic mass is 10.1. The number of morpholine rings is 1. The first kappa shape index (κ1) is 13.4. The summed E-state index contributed by atoms with van der Waals surface area (Å²) >= 11 is 0. The number of hydrogen-bond acceptors (Lipinski definition) is 3. The van der Waals surface area contributed by atoms with Crippen molar-refractivity contribution in [2.45, 2.75) is 39.3 Å². The maximum atomic E-state index is 5.86. The Kier molecular flexibility index (Phi) is 3.93. The van der Waals surface area contributed by atoms with E-state index in [1.165, 1.54) is 11.1 Å². The van der Waals surface area contributed by atoms with Crippen molar-refractivity contribution >= 4 is 0 Å². The third-order valence-corrected chi connectivity index (χ3v) is 3.26. The van der Waals surface area contributed by atoms with Crippen LogP contribution < -0.4 is 10.1 Å². The molecule has 1 fully saturated rings. The highest BCUT2D eigenvalue weighted by Crippen LogP contribution is 2.20. The fourth-order valence-electron chi connectivity index (χ4n) is 1.98. The number of benzene rings is 1. The first-order chi connectivity index (χ1) is 8.46. The molecule has 1 aromatic rings. The number of ether oxygens (including phenoxy) is 2. The molecule has 1 heterocycles. The van der Waals surface area contributed by atoms with E-state index in [-0.39, 0.29) is 11.6 Å². The van der Waals surface area contributed by atoms with Gasteiger partial charge < -0.3 is 14.8 Å². The number of nitrogens with one attached hydrogen (secondary N) is 1. The van der Waals surface area contributed by atoms with Crippen molar-refractivity contribution in [2.24, 2.45) is 0 Å². The summed E-state index contributed by atoms with van der Waals surface area (Å²) in [7, 11) is 0. The minimum absolute atomic E-state index is 0.0791. The Hall–Kier alpha value is -1.06. The monoisotopic (exact) mass is 249 g/mol. The largest absolute Gasteiger partial charge is 0.491 e. The fraction of sp³-hybridized carbons (Fsp3) is 0.600. The van der Waals surface area contributed by atoms with Crippen molar-refractivity contribution in [1.29, 1.82) is 0 Å². The maximum absolute atomic E-state index is 5.86. The van der Waals surface area contributed by atoms with E-state index in [0.29, 0.717) is 6.61 Å². The van der Waals surface area contributed by atoms with E-state index in [4.69, 9.17) is 9.47 Å². The minimum Gasteiger partial charge on any atom is -0.491 e. The van der Waals surface area contributed by atoms with Gasteiger partial charge in [-0.25, -0.2) is 0 Å². The van der Waals surface area contributed by atoms with Gasteiger partial charge in [0.15, 0.2) is 0 Å². The van der Waals surface area contributed by atoms with Gasteiger partial charge in [0.2, 0.25) is 0 Å². The zero-order valence-corrected chi connectivity index (χ0v) is 11.7. The van der Waals surface area contributed by atoms with E-state index in [1.54, 1.807) is 0 Å². The van der Waals surface area contributed by atoms with Crippen LogP contribution in [0.1, 0.15) is 25.0 Å². The van der Waals surface area contributed by atoms with E-state index in [9.17, 15) is 0 Å². The molecule has 0 saturated carbocycles. The molecule has 0 spiro atoms. The lowest BCUT2D eigenvalue weighted by molar-refractivity contribution is -0.0412.